The first kappa shape index (κ1) is 18.7. The highest BCUT2D eigenvalue weighted by Gasteiger charge is 2.38. The maximum Gasteiger partial charge on any atom is 0.331 e. The van der Waals surface area contributed by atoms with Gasteiger partial charge in [0.05, 0.1) is 5.39 Å². The second-order valence-electron chi connectivity index (χ2n) is 6.70. The fourth-order valence-electron chi connectivity index (χ4n) is 3.48. The molecule has 0 atom stereocenters. The molecule has 2 heterocycles. The van der Waals surface area contributed by atoms with Crippen molar-refractivity contribution in [3.8, 4) is 11.3 Å². The van der Waals surface area contributed by atoms with Crippen molar-refractivity contribution < 1.29 is 14.0 Å². The van der Waals surface area contributed by atoms with Crippen molar-refractivity contribution in [2.24, 2.45) is 0 Å². The lowest BCUT2D eigenvalue weighted by molar-refractivity contribution is -0.122. The second-order valence-corrected chi connectivity index (χ2v) is 6.70. The molecular weight excluding hydrogens is 368 g/mol. The average Bonchev–Trinajstić information content (AvgIpc) is 2.97. The minimum atomic E-state index is -0.328. The lowest BCUT2D eigenvalue weighted by atomic mass is 10.1. The van der Waals surface area contributed by atoms with E-state index < -0.39 is 0 Å². The molecule has 0 spiro atoms. The summed E-state index contributed by atoms with van der Waals surface area (Å²) >= 11 is 0. The molecular formula is C23H20N2O4. The maximum atomic E-state index is 12.7. The number of carbonyl (C=O) groups is 2. The monoisotopic (exact) mass is 388 g/mol. The van der Waals surface area contributed by atoms with Crippen LogP contribution in [-0.2, 0) is 4.79 Å². The van der Waals surface area contributed by atoms with E-state index >= 15 is 0 Å². The molecule has 0 saturated carbocycles. The summed E-state index contributed by atoms with van der Waals surface area (Å²) < 4.78 is 5.91. The maximum absolute atomic E-state index is 12.7. The fourth-order valence-corrected chi connectivity index (χ4v) is 3.48. The van der Waals surface area contributed by atoms with Gasteiger partial charge in [0.25, 0.3) is 5.91 Å². The van der Waals surface area contributed by atoms with Crippen molar-refractivity contribution in [3.63, 3.8) is 0 Å². The first-order valence-corrected chi connectivity index (χ1v) is 9.52. The van der Waals surface area contributed by atoms with Crippen molar-refractivity contribution >= 4 is 29.0 Å². The predicted octanol–water partition coefficient (Wildman–Crippen LogP) is 4.10. The van der Waals surface area contributed by atoms with Gasteiger partial charge in [-0.25, -0.2) is 4.79 Å². The third-order valence-electron chi connectivity index (χ3n) is 4.96. The number of imide groups is 1. The Hall–Kier alpha value is -3.67. The number of carbonyl (C=O) groups excluding carboxylic acids is 2. The summed E-state index contributed by atoms with van der Waals surface area (Å²) in [5, 5.41) is 0.422. The molecule has 0 radical (unpaired) electrons. The highest BCUT2D eigenvalue weighted by Crippen LogP contribution is 2.26. The van der Waals surface area contributed by atoms with Crippen molar-refractivity contribution in [2.45, 2.75) is 13.8 Å². The minimum absolute atomic E-state index is 0.165. The van der Waals surface area contributed by atoms with Crippen LogP contribution in [0, 0.1) is 0 Å². The predicted molar refractivity (Wildman–Crippen MR) is 111 cm³/mol. The number of hydrogen-bond acceptors (Lipinski definition) is 4. The molecule has 6 nitrogen and oxygen atoms in total. The largest absolute Gasteiger partial charge is 0.456 e. The topological polar surface area (TPSA) is 70.8 Å². The lowest BCUT2D eigenvalue weighted by Gasteiger charge is -2.13. The van der Waals surface area contributed by atoms with E-state index in [9.17, 15) is 14.4 Å². The molecule has 1 fully saturated rings. The molecule has 29 heavy (non-hydrogen) atoms. The van der Waals surface area contributed by atoms with Gasteiger partial charge >= 0.3 is 6.03 Å². The molecule has 2 aromatic carbocycles. The lowest BCUT2D eigenvalue weighted by Crippen LogP contribution is -2.32. The summed E-state index contributed by atoms with van der Waals surface area (Å²) in [6, 6.07) is 15.7. The molecule has 3 aromatic rings. The third-order valence-corrected chi connectivity index (χ3v) is 4.96. The summed E-state index contributed by atoms with van der Waals surface area (Å²) in [7, 11) is 0. The fraction of sp³-hybridized carbons (Fsp3) is 0.174. The van der Waals surface area contributed by atoms with E-state index in [0.29, 0.717) is 41.1 Å². The number of urea groups is 1. The van der Waals surface area contributed by atoms with Gasteiger partial charge in [-0.05, 0) is 37.6 Å². The van der Waals surface area contributed by atoms with Gasteiger partial charge in [0.15, 0.2) is 5.43 Å². The number of hydrogen-bond donors (Lipinski definition) is 0. The number of nitrogens with zero attached hydrogens (tertiary/aromatic N) is 2. The van der Waals surface area contributed by atoms with Crippen molar-refractivity contribution in [3.05, 3.63) is 76.1 Å². The smallest absolute Gasteiger partial charge is 0.331 e. The second kappa shape index (κ2) is 7.39. The Kier molecular flexibility index (Phi) is 4.76. The zero-order valence-corrected chi connectivity index (χ0v) is 16.2. The molecule has 146 valence electrons. The highest BCUT2D eigenvalue weighted by molar-refractivity contribution is 6.14. The van der Waals surface area contributed by atoms with Gasteiger partial charge in [0.2, 0.25) is 0 Å². The molecule has 0 unspecified atom stereocenters. The Balaban J connectivity index is 1.78. The van der Waals surface area contributed by atoms with Crippen LogP contribution in [0.5, 0.6) is 0 Å². The number of likely N-dealkylation sites (N-methyl/N-ethyl adjacent to an activating group) is 2. The number of fused-ring (bicyclic) bond motifs is 1. The van der Waals surface area contributed by atoms with Crippen molar-refractivity contribution in [1.82, 2.24) is 9.80 Å². The van der Waals surface area contributed by atoms with Crippen molar-refractivity contribution in [2.75, 3.05) is 13.1 Å². The molecule has 0 N–H and O–H groups in total. The first-order valence-electron chi connectivity index (χ1n) is 9.52. The van der Waals surface area contributed by atoms with E-state index in [0.717, 1.165) is 5.56 Å². The molecule has 1 aliphatic heterocycles. The Bertz CT molecular complexity index is 1190. The van der Waals surface area contributed by atoms with Crippen LogP contribution >= 0.6 is 0 Å². The molecule has 0 bridgehead atoms. The quantitative estimate of drug-likeness (QED) is 0.498. The minimum Gasteiger partial charge on any atom is -0.456 e. The van der Waals surface area contributed by atoms with E-state index in [2.05, 4.69) is 0 Å². The van der Waals surface area contributed by atoms with Gasteiger partial charge in [-0.1, -0.05) is 36.4 Å². The van der Waals surface area contributed by atoms with E-state index in [1.165, 1.54) is 15.9 Å². The van der Waals surface area contributed by atoms with Gasteiger partial charge in [-0.15, -0.1) is 0 Å². The van der Waals surface area contributed by atoms with E-state index in [1.807, 2.05) is 37.3 Å². The Labute approximate surface area is 167 Å². The summed E-state index contributed by atoms with van der Waals surface area (Å²) in [5.41, 5.74) is 2.09. The van der Waals surface area contributed by atoms with Crippen LogP contribution in [0.1, 0.15) is 19.4 Å². The summed E-state index contributed by atoms with van der Waals surface area (Å²) in [6.07, 6.45) is 1.64. The average molecular weight is 388 g/mol. The van der Waals surface area contributed by atoms with E-state index in [-0.39, 0.29) is 17.4 Å². The number of benzene rings is 2. The van der Waals surface area contributed by atoms with Crippen LogP contribution in [0.15, 0.2) is 69.5 Å². The molecule has 1 saturated heterocycles. The Morgan fingerprint density at radius 3 is 2.31 bits per heavy atom. The van der Waals surface area contributed by atoms with Crippen LogP contribution in [0.3, 0.4) is 0 Å². The summed E-state index contributed by atoms with van der Waals surface area (Å²) in [5.74, 6) is 0.174. The molecule has 1 aromatic heterocycles. The Morgan fingerprint density at radius 2 is 1.62 bits per heavy atom. The van der Waals surface area contributed by atoms with Crippen LogP contribution in [0.25, 0.3) is 28.4 Å². The van der Waals surface area contributed by atoms with Crippen LogP contribution in [0.4, 0.5) is 4.79 Å². The molecule has 4 rings (SSSR count). The number of amides is 3. The molecule has 0 aliphatic carbocycles. The van der Waals surface area contributed by atoms with Gasteiger partial charge < -0.3 is 4.42 Å². The van der Waals surface area contributed by atoms with Crippen molar-refractivity contribution in [1.29, 1.82) is 0 Å². The van der Waals surface area contributed by atoms with Crippen LogP contribution in [0.2, 0.25) is 0 Å². The van der Waals surface area contributed by atoms with E-state index in [4.69, 9.17) is 4.42 Å². The SMILES string of the molecule is CCN1C(=O)/C(=C/c2ccc3oc(-c4ccccc4)cc(=O)c3c2)N(CC)C1=O. The van der Waals surface area contributed by atoms with Crippen LogP contribution < -0.4 is 5.43 Å². The van der Waals surface area contributed by atoms with Crippen LogP contribution in [-0.4, -0.2) is 34.8 Å². The van der Waals surface area contributed by atoms with Gasteiger partial charge in [-0.3, -0.25) is 19.4 Å². The van der Waals surface area contributed by atoms with E-state index in [1.54, 1.807) is 31.2 Å². The summed E-state index contributed by atoms with van der Waals surface area (Å²) in [6.45, 7) is 4.29. The standard InChI is InChI=1S/C23H20N2O4/c1-3-24-18(22(27)25(4-2)23(24)28)13-15-10-11-20-17(12-15)19(26)14-21(29-20)16-8-6-5-7-9-16/h5-14H,3-4H2,1-2H3/b18-13-. The normalized spacial score (nSPS) is 15.7. The summed E-state index contributed by atoms with van der Waals surface area (Å²) in [4.78, 5) is 40.2. The molecule has 6 heteroatoms. The molecule has 3 amide bonds. The Morgan fingerprint density at radius 1 is 0.897 bits per heavy atom. The zero-order valence-electron chi connectivity index (χ0n) is 16.2. The zero-order chi connectivity index (χ0) is 20.5. The third kappa shape index (κ3) is 3.23. The highest BCUT2D eigenvalue weighted by atomic mass is 16.3. The van der Waals surface area contributed by atoms with Gasteiger partial charge in [0, 0.05) is 24.7 Å². The first-order chi connectivity index (χ1) is 14.0. The number of rotatable bonds is 4. The van der Waals surface area contributed by atoms with Gasteiger partial charge in [-0.2, -0.15) is 0 Å². The molecule has 1 aliphatic rings. The van der Waals surface area contributed by atoms with Gasteiger partial charge in [0.1, 0.15) is 17.0 Å².